The van der Waals surface area contributed by atoms with E-state index in [2.05, 4.69) is 11.8 Å². The average Bonchev–Trinajstić information content (AvgIpc) is 2.36. The van der Waals surface area contributed by atoms with Gasteiger partial charge in [-0.3, -0.25) is 4.90 Å². The molecule has 0 spiro atoms. The van der Waals surface area contributed by atoms with E-state index in [-0.39, 0.29) is 21.0 Å². The molecule has 5 nitrogen and oxygen atoms in total. The summed E-state index contributed by atoms with van der Waals surface area (Å²) in [6, 6.07) is 2.97. The number of benzene rings is 1. The lowest BCUT2D eigenvalue weighted by Crippen LogP contribution is -2.53. The Labute approximate surface area is 135 Å². The van der Waals surface area contributed by atoms with Gasteiger partial charge in [-0.1, -0.05) is 30.1 Å². The lowest BCUT2D eigenvalue weighted by molar-refractivity contribution is 0.135. The Morgan fingerprint density at radius 3 is 2.33 bits per heavy atom. The zero-order chi connectivity index (χ0) is 15.8. The Balaban J connectivity index is 2.36. The number of hydrogen-bond acceptors (Lipinski definition) is 4. The first-order valence-corrected chi connectivity index (χ1v) is 8.95. The van der Waals surface area contributed by atoms with Gasteiger partial charge in [0.15, 0.2) is 0 Å². The number of nitrogens with zero attached hydrogens (tertiary/aromatic N) is 2. The molecule has 1 aliphatic rings. The van der Waals surface area contributed by atoms with Gasteiger partial charge < -0.3 is 5.73 Å². The first kappa shape index (κ1) is 16.8. The molecule has 0 bridgehead atoms. The van der Waals surface area contributed by atoms with Crippen molar-refractivity contribution in [2.75, 3.05) is 31.9 Å². The van der Waals surface area contributed by atoms with Crippen molar-refractivity contribution >= 4 is 38.9 Å². The number of rotatable bonds is 3. The molecular weight excluding hydrogens is 333 g/mol. The van der Waals surface area contributed by atoms with Crippen molar-refractivity contribution in [3.8, 4) is 0 Å². The normalized spacial score (nSPS) is 21.6. The predicted octanol–water partition coefficient (Wildman–Crippen LogP) is 2.29. The molecule has 2 N–H and O–H groups in total. The molecule has 0 radical (unpaired) electrons. The maximum absolute atomic E-state index is 12.8. The predicted molar refractivity (Wildman–Crippen MR) is 86.3 cm³/mol. The fourth-order valence-electron chi connectivity index (χ4n) is 2.60. The molecule has 1 fully saturated rings. The Morgan fingerprint density at radius 2 is 1.86 bits per heavy atom. The standard InChI is InChI=1S/C13H19Cl2N3O2S/c1-3-17-4-5-18(8-9(17)2)21(19,20)13-11(14)6-10(16)7-12(13)15/h6-7,9H,3-5,8,16H2,1-2H3. The van der Waals surface area contributed by atoms with Crippen LogP contribution in [0.15, 0.2) is 17.0 Å². The number of nitrogen functional groups attached to an aromatic ring is 1. The molecule has 21 heavy (non-hydrogen) atoms. The highest BCUT2D eigenvalue weighted by molar-refractivity contribution is 7.89. The van der Waals surface area contributed by atoms with E-state index >= 15 is 0 Å². The van der Waals surface area contributed by atoms with Crippen LogP contribution in [0.2, 0.25) is 10.0 Å². The maximum atomic E-state index is 12.8. The molecular formula is C13H19Cl2N3O2S. The minimum absolute atomic E-state index is 0.0582. The van der Waals surface area contributed by atoms with E-state index in [1.807, 2.05) is 6.92 Å². The number of likely N-dealkylation sites (N-methyl/N-ethyl adjacent to an activating group) is 1. The molecule has 0 amide bonds. The van der Waals surface area contributed by atoms with E-state index in [1.54, 1.807) is 0 Å². The zero-order valence-electron chi connectivity index (χ0n) is 12.0. The van der Waals surface area contributed by atoms with Crippen molar-refractivity contribution in [1.29, 1.82) is 0 Å². The summed E-state index contributed by atoms with van der Waals surface area (Å²) in [7, 11) is -3.72. The second kappa shape index (κ2) is 6.30. The van der Waals surface area contributed by atoms with E-state index in [0.717, 1.165) is 6.54 Å². The third-order valence-corrected chi connectivity index (χ3v) is 6.54. The van der Waals surface area contributed by atoms with Gasteiger partial charge in [0, 0.05) is 31.4 Å². The van der Waals surface area contributed by atoms with Crippen LogP contribution >= 0.6 is 23.2 Å². The van der Waals surface area contributed by atoms with Crippen LogP contribution < -0.4 is 5.73 Å². The van der Waals surface area contributed by atoms with Crippen LogP contribution in [-0.2, 0) is 10.0 Å². The van der Waals surface area contributed by atoms with Crippen LogP contribution in [0.3, 0.4) is 0 Å². The van der Waals surface area contributed by atoms with Gasteiger partial charge in [0.05, 0.1) is 10.0 Å². The molecule has 0 aromatic heterocycles. The van der Waals surface area contributed by atoms with Crippen LogP contribution in [-0.4, -0.2) is 49.8 Å². The Bertz CT molecular complexity index is 613. The van der Waals surface area contributed by atoms with Crippen molar-refractivity contribution in [2.45, 2.75) is 24.8 Å². The Morgan fingerprint density at radius 1 is 1.29 bits per heavy atom. The number of halogens is 2. The van der Waals surface area contributed by atoms with Gasteiger partial charge in [-0.15, -0.1) is 0 Å². The summed E-state index contributed by atoms with van der Waals surface area (Å²) in [5, 5.41) is 0.121. The minimum atomic E-state index is -3.72. The SMILES string of the molecule is CCN1CCN(S(=O)(=O)c2c(Cl)cc(N)cc2Cl)CC1C. The topological polar surface area (TPSA) is 66.6 Å². The van der Waals surface area contributed by atoms with Crippen molar-refractivity contribution in [3.05, 3.63) is 22.2 Å². The molecule has 0 saturated carbocycles. The Hall–Kier alpha value is -0.530. The van der Waals surface area contributed by atoms with Crippen LogP contribution in [0.25, 0.3) is 0 Å². The second-order valence-corrected chi connectivity index (χ2v) is 7.84. The summed E-state index contributed by atoms with van der Waals surface area (Å²) in [5.74, 6) is 0. The van der Waals surface area contributed by atoms with E-state index in [0.29, 0.717) is 25.3 Å². The zero-order valence-corrected chi connectivity index (χ0v) is 14.3. The van der Waals surface area contributed by atoms with Gasteiger partial charge in [0.1, 0.15) is 4.90 Å². The summed E-state index contributed by atoms with van der Waals surface area (Å²) in [5.41, 5.74) is 5.97. The highest BCUT2D eigenvalue weighted by Gasteiger charge is 2.34. The monoisotopic (exact) mass is 351 g/mol. The van der Waals surface area contributed by atoms with Gasteiger partial charge in [0.25, 0.3) is 0 Å². The summed E-state index contributed by atoms with van der Waals surface area (Å²) in [6.07, 6.45) is 0. The maximum Gasteiger partial charge on any atom is 0.246 e. The lowest BCUT2D eigenvalue weighted by atomic mass is 10.2. The van der Waals surface area contributed by atoms with Crippen molar-refractivity contribution in [1.82, 2.24) is 9.21 Å². The van der Waals surface area contributed by atoms with Crippen molar-refractivity contribution in [2.24, 2.45) is 0 Å². The van der Waals surface area contributed by atoms with Crippen LogP contribution in [0.4, 0.5) is 5.69 Å². The quantitative estimate of drug-likeness (QED) is 0.848. The second-order valence-electron chi connectivity index (χ2n) is 5.15. The molecule has 0 aliphatic carbocycles. The van der Waals surface area contributed by atoms with Crippen molar-refractivity contribution < 1.29 is 8.42 Å². The number of piperazine rings is 1. The molecule has 1 saturated heterocycles. The molecule has 2 rings (SSSR count). The average molecular weight is 352 g/mol. The molecule has 1 atom stereocenters. The first-order chi connectivity index (χ1) is 9.77. The number of anilines is 1. The third-order valence-electron chi connectivity index (χ3n) is 3.75. The first-order valence-electron chi connectivity index (χ1n) is 6.76. The highest BCUT2D eigenvalue weighted by Crippen LogP contribution is 2.34. The van der Waals surface area contributed by atoms with Gasteiger partial charge >= 0.3 is 0 Å². The fourth-order valence-corrected chi connectivity index (χ4v) is 5.30. The third kappa shape index (κ3) is 3.29. The van der Waals surface area contributed by atoms with Crippen molar-refractivity contribution in [3.63, 3.8) is 0 Å². The molecule has 1 heterocycles. The Kier molecular flexibility index (Phi) is 5.05. The van der Waals surface area contributed by atoms with E-state index in [4.69, 9.17) is 28.9 Å². The minimum Gasteiger partial charge on any atom is -0.399 e. The van der Waals surface area contributed by atoms with Gasteiger partial charge in [-0.05, 0) is 25.6 Å². The van der Waals surface area contributed by atoms with Gasteiger partial charge in [0.2, 0.25) is 10.0 Å². The molecule has 1 aliphatic heterocycles. The smallest absolute Gasteiger partial charge is 0.246 e. The lowest BCUT2D eigenvalue weighted by Gasteiger charge is -2.38. The van der Waals surface area contributed by atoms with Gasteiger partial charge in [-0.25, -0.2) is 8.42 Å². The van der Waals surface area contributed by atoms with E-state index < -0.39 is 10.0 Å². The summed E-state index contributed by atoms with van der Waals surface area (Å²) >= 11 is 12.1. The molecule has 1 unspecified atom stereocenters. The number of hydrogen-bond donors (Lipinski definition) is 1. The fraction of sp³-hybridized carbons (Fsp3) is 0.538. The molecule has 1 aromatic carbocycles. The summed E-state index contributed by atoms with van der Waals surface area (Å²) in [4.78, 5) is 2.18. The largest absolute Gasteiger partial charge is 0.399 e. The summed E-state index contributed by atoms with van der Waals surface area (Å²) in [6.45, 7) is 6.52. The molecule has 8 heteroatoms. The molecule has 1 aromatic rings. The van der Waals surface area contributed by atoms with E-state index in [9.17, 15) is 8.42 Å². The van der Waals surface area contributed by atoms with Crippen LogP contribution in [0.5, 0.6) is 0 Å². The number of nitrogens with two attached hydrogens (primary N) is 1. The highest BCUT2D eigenvalue weighted by atomic mass is 35.5. The van der Waals surface area contributed by atoms with Crippen LogP contribution in [0.1, 0.15) is 13.8 Å². The summed E-state index contributed by atoms with van der Waals surface area (Å²) < 4.78 is 27.0. The number of sulfonamides is 1. The van der Waals surface area contributed by atoms with E-state index in [1.165, 1.54) is 16.4 Å². The molecule has 118 valence electrons. The van der Waals surface area contributed by atoms with Crippen LogP contribution in [0, 0.1) is 0 Å². The van der Waals surface area contributed by atoms with Gasteiger partial charge in [-0.2, -0.15) is 4.31 Å².